The molecule has 0 aliphatic carbocycles. The SMILES string of the molecule is CCC(CCOC)n1nc(OCCCn2nc(C(F)(F)F)c3cnc(Cl)nc32)c([N+](=O)[O-])c1C. The Kier molecular flexibility index (Phi) is 7.92. The Balaban J connectivity index is 1.76. The van der Waals surface area contributed by atoms with Crippen LogP contribution >= 0.6 is 11.6 Å². The van der Waals surface area contributed by atoms with Crippen LogP contribution in [0.4, 0.5) is 18.9 Å². The summed E-state index contributed by atoms with van der Waals surface area (Å²) < 4.78 is 53.2. The molecular weight excluding hydrogens is 483 g/mol. The summed E-state index contributed by atoms with van der Waals surface area (Å²) in [4.78, 5) is 18.5. The monoisotopic (exact) mass is 505 g/mol. The molecule has 3 aromatic heterocycles. The van der Waals surface area contributed by atoms with Crippen molar-refractivity contribution < 1.29 is 27.6 Å². The summed E-state index contributed by atoms with van der Waals surface area (Å²) in [7, 11) is 1.57. The Morgan fingerprint density at radius 3 is 2.65 bits per heavy atom. The Hall–Kier alpha value is -3.00. The summed E-state index contributed by atoms with van der Waals surface area (Å²) >= 11 is 5.74. The van der Waals surface area contributed by atoms with Crippen LogP contribution in [0, 0.1) is 17.0 Å². The standard InChI is InChI=1S/C19H23ClF3N7O4/c1-4-12(6-9-33-3)29-11(2)14(30(31)32)17(27-29)34-8-5-7-28-16-13(10-24-18(20)25-16)15(26-28)19(21,22)23/h10,12H,4-9H2,1-3H3. The van der Waals surface area contributed by atoms with Gasteiger partial charge < -0.3 is 9.47 Å². The maximum atomic E-state index is 13.3. The van der Waals surface area contributed by atoms with Crippen molar-refractivity contribution in [3.8, 4) is 5.88 Å². The lowest BCUT2D eigenvalue weighted by molar-refractivity contribution is -0.386. The van der Waals surface area contributed by atoms with Gasteiger partial charge in [0.05, 0.1) is 23.0 Å². The van der Waals surface area contributed by atoms with E-state index < -0.39 is 16.8 Å². The maximum Gasteiger partial charge on any atom is 0.435 e. The number of aromatic nitrogens is 6. The summed E-state index contributed by atoms with van der Waals surface area (Å²) in [5, 5.41) is 19.0. The molecule has 0 saturated heterocycles. The lowest BCUT2D eigenvalue weighted by Crippen LogP contribution is -2.14. The Bertz CT molecular complexity index is 1170. The van der Waals surface area contributed by atoms with Gasteiger partial charge in [0.2, 0.25) is 5.28 Å². The molecule has 0 aromatic carbocycles. The molecule has 3 rings (SSSR count). The summed E-state index contributed by atoms with van der Waals surface area (Å²) in [6, 6.07) is -0.114. The molecule has 34 heavy (non-hydrogen) atoms. The molecule has 186 valence electrons. The molecule has 11 nitrogen and oxygen atoms in total. The number of halogens is 4. The zero-order valence-corrected chi connectivity index (χ0v) is 19.4. The average Bonchev–Trinajstić information content (AvgIpc) is 3.29. The van der Waals surface area contributed by atoms with Gasteiger partial charge in [0.25, 0.3) is 0 Å². The number of fused-ring (bicyclic) bond motifs is 1. The van der Waals surface area contributed by atoms with E-state index >= 15 is 0 Å². The van der Waals surface area contributed by atoms with E-state index in [-0.39, 0.29) is 53.5 Å². The van der Waals surface area contributed by atoms with Crippen LogP contribution in [-0.4, -0.2) is 54.8 Å². The first kappa shape index (κ1) is 25.6. The minimum Gasteiger partial charge on any atom is -0.472 e. The van der Waals surface area contributed by atoms with Crippen LogP contribution in [-0.2, 0) is 17.5 Å². The largest absolute Gasteiger partial charge is 0.472 e. The molecule has 3 heterocycles. The van der Waals surface area contributed by atoms with Gasteiger partial charge in [0.15, 0.2) is 11.3 Å². The summed E-state index contributed by atoms with van der Waals surface area (Å²) in [5.74, 6) is -0.148. The number of ether oxygens (including phenoxy) is 2. The number of alkyl halides is 3. The fourth-order valence-electron chi connectivity index (χ4n) is 3.59. The topological polar surface area (TPSA) is 123 Å². The van der Waals surface area contributed by atoms with Gasteiger partial charge in [-0.3, -0.25) is 14.8 Å². The maximum absolute atomic E-state index is 13.3. The third-order valence-corrected chi connectivity index (χ3v) is 5.41. The first-order chi connectivity index (χ1) is 16.1. The van der Waals surface area contributed by atoms with Gasteiger partial charge in [-0.2, -0.15) is 23.3 Å². The number of hydrogen-bond acceptors (Lipinski definition) is 8. The van der Waals surface area contributed by atoms with Crippen molar-refractivity contribution in [3.05, 3.63) is 33.0 Å². The van der Waals surface area contributed by atoms with E-state index in [1.165, 1.54) is 0 Å². The molecule has 1 atom stereocenters. The van der Waals surface area contributed by atoms with Crippen LogP contribution in [0.1, 0.15) is 43.6 Å². The molecule has 3 aromatic rings. The minimum absolute atomic E-state index is 0.00116. The molecule has 1 unspecified atom stereocenters. The molecule has 0 saturated carbocycles. The van der Waals surface area contributed by atoms with Gasteiger partial charge >= 0.3 is 17.7 Å². The summed E-state index contributed by atoms with van der Waals surface area (Å²) in [5.41, 5.74) is -1.09. The fourth-order valence-corrected chi connectivity index (χ4v) is 3.71. The van der Waals surface area contributed by atoms with E-state index in [1.54, 1.807) is 18.7 Å². The second kappa shape index (κ2) is 10.5. The summed E-state index contributed by atoms with van der Waals surface area (Å²) in [6.45, 7) is 3.94. The van der Waals surface area contributed by atoms with Crippen molar-refractivity contribution in [3.63, 3.8) is 0 Å². The van der Waals surface area contributed by atoms with Crippen LogP contribution < -0.4 is 4.74 Å². The van der Waals surface area contributed by atoms with Crippen molar-refractivity contribution in [1.82, 2.24) is 29.5 Å². The Labute approximate surface area is 197 Å². The van der Waals surface area contributed by atoms with E-state index in [2.05, 4.69) is 20.2 Å². The molecule has 0 radical (unpaired) electrons. The minimum atomic E-state index is -4.69. The fraction of sp³-hybridized carbons (Fsp3) is 0.579. The van der Waals surface area contributed by atoms with Crippen LogP contribution in [0.25, 0.3) is 11.0 Å². The highest BCUT2D eigenvalue weighted by Crippen LogP contribution is 2.34. The predicted molar refractivity (Wildman–Crippen MR) is 115 cm³/mol. The number of methoxy groups -OCH3 is 1. The van der Waals surface area contributed by atoms with E-state index in [4.69, 9.17) is 21.1 Å². The second-order valence-corrected chi connectivity index (χ2v) is 7.77. The predicted octanol–water partition coefficient (Wildman–Crippen LogP) is 4.37. The molecular formula is C19H23ClF3N7O4. The van der Waals surface area contributed by atoms with E-state index in [0.29, 0.717) is 25.1 Å². The number of hydrogen-bond donors (Lipinski definition) is 0. The van der Waals surface area contributed by atoms with Crippen LogP contribution in [0.2, 0.25) is 5.28 Å². The lowest BCUT2D eigenvalue weighted by atomic mass is 10.1. The number of nitro groups is 1. The first-order valence-corrected chi connectivity index (χ1v) is 10.8. The van der Waals surface area contributed by atoms with Gasteiger partial charge in [-0.1, -0.05) is 6.92 Å². The zero-order valence-electron chi connectivity index (χ0n) is 18.7. The van der Waals surface area contributed by atoms with Crippen molar-refractivity contribution >= 4 is 28.3 Å². The zero-order chi connectivity index (χ0) is 25.0. The van der Waals surface area contributed by atoms with Crippen LogP contribution in [0.5, 0.6) is 5.88 Å². The molecule has 0 aliphatic heterocycles. The van der Waals surface area contributed by atoms with Gasteiger partial charge in [-0.15, -0.1) is 5.10 Å². The third kappa shape index (κ3) is 5.38. The van der Waals surface area contributed by atoms with E-state index in [9.17, 15) is 23.3 Å². The van der Waals surface area contributed by atoms with Crippen molar-refractivity contribution in [2.45, 2.75) is 51.9 Å². The van der Waals surface area contributed by atoms with Crippen molar-refractivity contribution in [2.75, 3.05) is 20.3 Å². The molecule has 0 aliphatic rings. The van der Waals surface area contributed by atoms with Gasteiger partial charge in [0, 0.05) is 32.9 Å². The number of aryl methyl sites for hydroxylation is 1. The molecule has 0 spiro atoms. The highest BCUT2D eigenvalue weighted by Gasteiger charge is 2.37. The molecule has 0 amide bonds. The Morgan fingerprint density at radius 2 is 2.03 bits per heavy atom. The van der Waals surface area contributed by atoms with Gasteiger partial charge in [0.1, 0.15) is 5.69 Å². The quantitative estimate of drug-likeness (QED) is 0.163. The molecule has 15 heteroatoms. The molecule has 0 N–H and O–H groups in total. The van der Waals surface area contributed by atoms with Crippen LogP contribution in [0.3, 0.4) is 0 Å². The molecule has 0 fully saturated rings. The second-order valence-electron chi connectivity index (χ2n) is 7.43. The molecule has 0 bridgehead atoms. The van der Waals surface area contributed by atoms with Crippen molar-refractivity contribution in [2.24, 2.45) is 0 Å². The van der Waals surface area contributed by atoms with E-state index in [0.717, 1.165) is 10.9 Å². The Morgan fingerprint density at radius 1 is 1.29 bits per heavy atom. The van der Waals surface area contributed by atoms with E-state index in [1.807, 2.05) is 6.92 Å². The van der Waals surface area contributed by atoms with Crippen molar-refractivity contribution in [1.29, 1.82) is 0 Å². The van der Waals surface area contributed by atoms with Gasteiger partial charge in [-0.25, -0.2) is 9.67 Å². The highest BCUT2D eigenvalue weighted by molar-refractivity contribution is 6.28. The van der Waals surface area contributed by atoms with Gasteiger partial charge in [-0.05, 0) is 31.4 Å². The number of nitrogens with zero attached hydrogens (tertiary/aromatic N) is 7. The first-order valence-electron chi connectivity index (χ1n) is 10.4. The lowest BCUT2D eigenvalue weighted by Gasteiger charge is -2.16. The smallest absolute Gasteiger partial charge is 0.435 e. The highest BCUT2D eigenvalue weighted by atomic mass is 35.5. The normalized spacial score (nSPS) is 12.9. The average molecular weight is 506 g/mol. The third-order valence-electron chi connectivity index (χ3n) is 5.22. The summed E-state index contributed by atoms with van der Waals surface area (Å²) in [6.07, 6.45) is -2.24. The van der Waals surface area contributed by atoms with Crippen LogP contribution in [0.15, 0.2) is 6.20 Å². The number of rotatable bonds is 11.